The zero-order valence-electron chi connectivity index (χ0n) is 23.0. The van der Waals surface area contributed by atoms with Crippen molar-refractivity contribution < 1.29 is 23.7 Å². The van der Waals surface area contributed by atoms with Gasteiger partial charge in [0.05, 0.1) is 43.3 Å². The minimum Gasteiger partial charge on any atom is -0.496 e. The topological polar surface area (TPSA) is 95.6 Å². The summed E-state index contributed by atoms with van der Waals surface area (Å²) in [5.74, 6) is 3.43. The van der Waals surface area contributed by atoms with Crippen molar-refractivity contribution in [2.75, 3.05) is 32.6 Å². The van der Waals surface area contributed by atoms with E-state index in [2.05, 4.69) is 4.99 Å². The van der Waals surface area contributed by atoms with E-state index in [0.29, 0.717) is 53.8 Å². The van der Waals surface area contributed by atoms with E-state index >= 15 is 0 Å². The summed E-state index contributed by atoms with van der Waals surface area (Å²) in [7, 11) is 1.64. The van der Waals surface area contributed by atoms with E-state index in [-0.39, 0.29) is 11.9 Å². The average molecular weight is 530 g/mol. The van der Waals surface area contributed by atoms with Crippen LogP contribution in [-0.2, 0) is 0 Å². The van der Waals surface area contributed by atoms with E-state index in [1.165, 1.54) is 0 Å². The van der Waals surface area contributed by atoms with Crippen LogP contribution in [0.25, 0.3) is 0 Å². The van der Waals surface area contributed by atoms with Crippen molar-refractivity contribution in [1.29, 1.82) is 0 Å². The smallest absolute Gasteiger partial charge is 0.256 e. The highest BCUT2D eigenvalue weighted by atomic mass is 16.5. The number of ether oxygens (including phenoxy) is 4. The number of benzene rings is 3. The summed E-state index contributed by atoms with van der Waals surface area (Å²) in [6, 6.07) is 13.1. The number of fused-ring (bicyclic) bond motifs is 2. The number of nitrogen functional groups attached to an aromatic ring is 1. The number of nitrogens with zero attached hydrogens (tertiary/aromatic N) is 2. The number of amides is 1. The van der Waals surface area contributed by atoms with Crippen molar-refractivity contribution in [2.24, 2.45) is 4.99 Å². The average Bonchev–Trinajstić information content (AvgIpc) is 3.35. The van der Waals surface area contributed by atoms with Crippen LogP contribution < -0.4 is 24.7 Å². The molecule has 3 aromatic carbocycles. The van der Waals surface area contributed by atoms with Crippen molar-refractivity contribution in [1.82, 2.24) is 4.90 Å². The first-order valence-electron chi connectivity index (χ1n) is 13.3. The summed E-state index contributed by atoms with van der Waals surface area (Å²) in [6.45, 7) is 7.70. The quantitative estimate of drug-likeness (QED) is 0.263. The number of aryl methyl sites for hydroxylation is 2. The molecule has 0 aromatic heterocycles. The number of nitrogens with two attached hydrogens (primary N) is 1. The maximum absolute atomic E-state index is 13.0. The van der Waals surface area contributed by atoms with Crippen molar-refractivity contribution in [3.63, 3.8) is 0 Å². The van der Waals surface area contributed by atoms with E-state index in [1.54, 1.807) is 19.2 Å². The molecule has 1 fully saturated rings. The van der Waals surface area contributed by atoms with Gasteiger partial charge in [0.2, 0.25) is 0 Å². The second kappa shape index (κ2) is 11.3. The van der Waals surface area contributed by atoms with E-state index in [4.69, 9.17) is 24.7 Å². The minimum atomic E-state index is 0.0532. The summed E-state index contributed by atoms with van der Waals surface area (Å²) < 4.78 is 23.4. The second-order valence-electron chi connectivity index (χ2n) is 10.0. The molecule has 0 saturated carbocycles. The summed E-state index contributed by atoms with van der Waals surface area (Å²) in [5, 5.41) is 0. The number of hydrogen-bond donors (Lipinski definition) is 1. The van der Waals surface area contributed by atoms with Gasteiger partial charge in [0.25, 0.3) is 5.91 Å². The largest absolute Gasteiger partial charge is 0.496 e. The molecule has 5 rings (SSSR count). The molecule has 1 saturated heterocycles. The molecule has 0 aliphatic carbocycles. The van der Waals surface area contributed by atoms with Gasteiger partial charge in [-0.25, -0.2) is 0 Å². The fourth-order valence-corrected chi connectivity index (χ4v) is 4.96. The van der Waals surface area contributed by atoms with Gasteiger partial charge in [0.1, 0.15) is 23.0 Å². The second-order valence-corrected chi connectivity index (χ2v) is 10.0. The maximum Gasteiger partial charge on any atom is 0.256 e. The van der Waals surface area contributed by atoms with Crippen LogP contribution in [0.3, 0.4) is 0 Å². The third-order valence-corrected chi connectivity index (χ3v) is 7.31. The summed E-state index contributed by atoms with van der Waals surface area (Å²) in [6.07, 6.45) is 4.56. The Morgan fingerprint density at radius 3 is 2.56 bits per heavy atom. The summed E-state index contributed by atoms with van der Waals surface area (Å²) in [4.78, 5) is 19.5. The first-order valence-corrected chi connectivity index (χ1v) is 13.3. The van der Waals surface area contributed by atoms with Crippen LogP contribution in [0.1, 0.15) is 46.3 Å². The van der Waals surface area contributed by atoms with E-state index in [1.807, 2.05) is 62.2 Å². The van der Waals surface area contributed by atoms with E-state index in [9.17, 15) is 4.79 Å². The number of carbonyl (C=O) groups excluding carboxylic acids is 1. The van der Waals surface area contributed by atoms with E-state index < -0.39 is 0 Å². The summed E-state index contributed by atoms with van der Waals surface area (Å²) in [5.41, 5.74) is 11.1. The van der Waals surface area contributed by atoms with Crippen molar-refractivity contribution in [3.8, 4) is 28.7 Å². The van der Waals surface area contributed by atoms with Crippen molar-refractivity contribution >= 4 is 23.5 Å². The van der Waals surface area contributed by atoms with Crippen LogP contribution >= 0.6 is 0 Å². The van der Waals surface area contributed by atoms with Crippen LogP contribution in [0, 0.1) is 20.8 Å². The zero-order valence-corrected chi connectivity index (χ0v) is 23.0. The fraction of sp³-hybridized carbons (Fsp3) is 0.355. The highest BCUT2D eigenvalue weighted by Gasteiger charge is 2.32. The first kappa shape index (κ1) is 26.4. The van der Waals surface area contributed by atoms with Crippen LogP contribution in [0.2, 0.25) is 0 Å². The van der Waals surface area contributed by atoms with Crippen molar-refractivity contribution in [2.45, 2.75) is 46.1 Å². The van der Waals surface area contributed by atoms with Crippen molar-refractivity contribution in [3.05, 3.63) is 64.7 Å². The molecule has 0 unspecified atom stereocenters. The SMILES string of the molecule is COc1cc(Oc2ccc(OCCCOc3cc4c(cc3C)C(=O)N3CCC[C@H]3C=N4)cc2N)cc(C)c1C. The Kier molecular flexibility index (Phi) is 7.63. The van der Waals surface area contributed by atoms with Gasteiger partial charge in [0.15, 0.2) is 5.75 Å². The Morgan fingerprint density at radius 2 is 1.77 bits per heavy atom. The molecular formula is C31H35N3O5. The lowest BCUT2D eigenvalue weighted by Gasteiger charge is -2.20. The molecular weight excluding hydrogens is 494 g/mol. The number of aliphatic imine (C=N–C) groups is 1. The number of anilines is 1. The van der Waals surface area contributed by atoms with Crippen LogP contribution in [-0.4, -0.2) is 49.9 Å². The molecule has 1 amide bonds. The molecule has 39 heavy (non-hydrogen) atoms. The highest BCUT2D eigenvalue weighted by Crippen LogP contribution is 2.36. The first-order chi connectivity index (χ1) is 18.8. The zero-order chi connectivity index (χ0) is 27.5. The number of rotatable bonds is 9. The Hall–Kier alpha value is -4.20. The van der Waals surface area contributed by atoms with Crippen LogP contribution in [0.4, 0.5) is 11.4 Å². The van der Waals surface area contributed by atoms with Gasteiger partial charge < -0.3 is 29.6 Å². The van der Waals surface area contributed by atoms with Gasteiger partial charge in [-0.15, -0.1) is 0 Å². The highest BCUT2D eigenvalue weighted by molar-refractivity contribution is 6.03. The van der Waals surface area contributed by atoms with Crippen LogP contribution in [0.15, 0.2) is 47.5 Å². The number of hydrogen-bond acceptors (Lipinski definition) is 7. The summed E-state index contributed by atoms with van der Waals surface area (Å²) >= 11 is 0. The third kappa shape index (κ3) is 5.65. The van der Waals surface area contributed by atoms with Gasteiger partial charge in [-0.2, -0.15) is 0 Å². The number of carbonyl (C=O) groups is 1. The molecule has 0 radical (unpaired) electrons. The third-order valence-electron chi connectivity index (χ3n) is 7.31. The minimum absolute atomic E-state index is 0.0532. The van der Waals surface area contributed by atoms with E-state index in [0.717, 1.165) is 47.6 Å². The maximum atomic E-state index is 13.0. The lowest BCUT2D eigenvalue weighted by atomic mass is 10.1. The monoisotopic (exact) mass is 529 g/mol. The lowest BCUT2D eigenvalue weighted by molar-refractivity contribution is 0.0774. The molecule has 3 aromatic rings. The van der Waals surface area contributed by atoms with Gasteiger partial charge in [-0.3, -0.25) is 9.79 Å². The molecule has 2 N–H and O–H groups in total. The number of methoxy groups -OCH3 is 1. The standard InChI is InChI=1S/C31H35N3O5/c1-19-13-24(16-30(36-4)21(19)3)39-28-9-8-23(15-26(28)32)37-11-6-12-38-29-17-27-25(14-20(29)2)31(35)34-10-5-7-22(34)18-33-27/h8-9,13-18,22H,5-7,10-12,32H2,1-4H3/t22-/m0/s1. The molecule has 204 valence electrons. The molecule has 2 aliphatic rings. The van der Waals surface area contributed by atoms with Gasteiger partial charge in [0, 0.05) is 37.4 Å². The van der Waals surface area contributed by atoms with Crippen LogP contribution in [0.5, 0.6) is 28.7 Å². The normalized spacial score (nSPS) is 15.9. The fourth-order valence-electron chi connectivity index (χ4n) is 4.96. The lowest BCUT2D eigenvalue weighted by Crippen LogP contribution is -2.35. The molecule has 0 spiro atoms. The Balaban J connectivity index is 1.14. The molecule has 8 heteroatoms. The van der Waals surface area contributed by atoms with Gasteiger partial charge in [-0.05, 0) is 74.6 Å². The molecule has 1 atom stereocenters. The Bertz CT molecular complexity index is 1420. The Labute approximate surface area is 229 Å². The Morgan fingerprint density at radius 1 is 0.949 bits per heavy atom. The molecule has 2 heterocycles. The molecule has 8 nitrogen and oxygen atoms in total. The van der Waals surface area contributed by atoms with Gasteiger partial charge >= 0.3 is 0 Å². The predicted molar refractivity (Wildman–Crippen MR) is 152 cm³/mol. The molecule has 2 aliphatic heterocycles. The predicted octanol–water partition coefficient (Wildman–Crippen LogP) is 6.16. The molecule has 0 bridgehead atoms. The van der Waals surface area contributed by atoms with Gasteiger partial charge in [-0.1, -0.05) is 0 Å².